The molecule has 2 amide bonds. The van der Waals surface area contributed by atoms with E-state index in [1.807, 2.05) is 0 Å². The van der Waals surface area contributed by atoms with Gasteiger partial charge < -0.3 is 15.2 Å². The molecule has 0 spiro atoms. The topological polar surface area (TPSA) is 68.4 Å². The van der Waals surface area contributed by atoms with Crippen LogP contribution < -0.4 is 5.32 Å². The van der Waals surface area contributed by atoms with Crippen molar-refractivity contribution in [1.82, 2.24) is 20.1 Å². The lowest BCUT2D eigenvalue weighted by Crippen LogP contribution is -2.66. The highest BCUT2D eigenvalue weighted by Crippen LogP contribution is 2.42. The van der Waals surface area contributed by atoms with Gasteiger partial charge in [-0.05, 0) is 49.7 Å². The van der Waals surface area contributed by atoms with Crippen LogP contribution in [0.1, 0.15) is 43.9 Å². The molecule has 2 N–H and O–H groups in total. The van der Waals surface area contributed by atoms with Crippen molar-refractivity contribution >= 4 is 22.7 Å². The summed E-state index contributed by atoms with van der Waals surface area (Å²) in [6, 6.07) is 8.95. The van der Waals surface area contributed by atoms with Crippen LogP contribution in [0.3, 0.4) is 0 Å². The van der Waals surface area contributed by atoms with Gasteiger partial charge in [0.15, 0.2) is 0 Å². The van der Waals surface area contributed by atoms with Crippen LogP contribution in [-0.4, -0.2) is 58.3 Å². The van der Waals surface area contributed by atoms with Crippen LogP contribution in [0, 0.1) is 18.8 Å². The van der Waals surface area contributed by atoms with E-state index in [2.05, 4.69) is 51.3 Å². The van der Waals surface area contributed by atoms with Crippen molar-refractivity contribution < 1.29 is 9.59 Å². The highest BCUT2D eigenvalue weighted by atomic mass is 16.2. The summed E-state index contributed by atoms with van der Waals surface area (Å²) in [7, 11) is 0. The molecule has 6 nitrogen and oxygen atoms in total. The molecule has 160 valence electrons. The number of nitrogens with one attached hydrogen (secondary N) is 2. The van der Waals surface area contributed by atoms with Crippen LogP contribution >= 0.6 is 0 Å². The molecular formula is C24H32N4O2. The number of nitrogens with zero attached hydrogens (tertiary/aromatic N) is 2. The van der Waals surface area contributed by atoms with Gasteiger partial charge in [0, 0.05) is 62.2 Å². The van der Waals surface area contributed by atoms with Crippen molar-refractivity contribution in [3.63, 3.8) is 0 Å². The molecule has 3 aliphatic rings. The first-order chi connectivity index (χ1) is 14.5. The minimum Gasteiger partial charge on any atom is -0.357 e. The summed E-state index contributed by atoms with van der Waals surface area (Å²) in [5.74, 6) is 1.22. The maximum absolute atomic E-state index is 12.8. The largest absolute Gasteiger partial charge is 0.357 e. The first-order valence-electron chi connectivity index (χ1n) is 11.4. The SMILES string of the molecule is CC(=O)NC[C@H]1[C@H]2C[C@H](CN(Cc3[nH]c4ccccc4c3C)C2)[C@@H]2CCCC(=O)N21. The van der Waals surface area contributed by atoms with E-state index in [1.54, 1.807) is 6.92 Å². The minimum atomic E-state index is -0.0144. The molecule has 0 radical (unpaired) electrons. The molecule has 6 heteroatoms. The molecule has 4 heterocycles. The lowest BCUT2D eigenvalue weighted by molar-refractivity contribution is -0.153. The average Bonchev–Trinajstić information content (AvgIpc) is 3.04. The zero-order chi connectivity index (χ0) is 20.8. The normalized spacial score (nSPS) is 29.1. The standard InChI is InChI=1S/C24H32N4O2/c1-15-19-6-3-4-7-20(19)26-21(15)14-27-12-17-10-18(13-27)23(11-25-16(2)29)28-22(17)8-5-9-24(28)30/h3-4,6-7,17-18,22-23,26H,5,8-14H2,1-2H3,(H,25,29)/t17-,18+,22+,23+/m1/s1. The highest BCUT2D eigenvalue weighted by molar-refractivity contribution is 5.84. The number of aromatic amines is 1. The lowest BCUT2D eigenvalue weighted by atomic mass is 9.72. The summed E-state index contributed by atoms with van der Waals surface area (Å²) >= 11 is 0. The van der Waals surface area contributed by atoms with E-state index < -0.39 is 0 Å². The van der Waals surface area contributed by atoms with E-state index in [-0.39, 0.29) is 17.9 Å². The van der Waals surface area contributed by atoms with E-state index in [9.17, 15) is 9.59 Å². The van der Waals surface area contributed by atoms with E-state index in [0.29, 0.717) is 30.8 Å². The van der Waals surface area contributed by atoms with Crippen molar-refractivity contribution in [3.8, 4) is 0 Å². The maximum Gasteiger partial charge on any atom is 0.223 e. The van der Waals surface area contributed by atoms with Crippen LogP contribution in [-0.2, 0) is 16.1 Å². The summed E-state index contributed by atoms with van der Waals surface area (Å²) in [5, 5.41) is 4.31. The van der Waals surface area contributed by atoms with Gasteiger partial charge in [0.05, 0.1) is 6.04 Å². The predicted molar refractivity (Wildman–Crippen MR) is 117 cm³/mol. The molecule has 4 atom stereocenters. The Bertz CT molecular complexity index is 967. The monoisotopic (exact) mass is 408 g/mol. The number of fused-ring (bicyclic) bond motifs is 5. The Labute approximate surface area is 178 Å². The zero-order valence-corrected chi connectivity index (χ0v) is 18.0. The van der Waals surface area contributed by atoms with E-state index in [0.717, 1.165) is 32.5 Å². The first-order valence-corrected chi connectivity index (χ1v) is 11.4. The molecule has 3 saturated heterocycles. The molecule has 0 unspecified atom stereocenters. The van der Waals surface area contributed by atoms with Gasteiger partial charge in [-0.3, -0.25) is 14.5 Å². The van der Waals surface area contributed by atoms with Gasteiger partial charge in [-0.15, -0.1) is 0 Å². The average molecular weight is 409 g/mol. The second-order valence-corrected chi connectivity index (χ2v) is 9.49. The number of piperidine rings is 3. The fourth-order valence-electron chi connectivity index (χ4n) is 6.23. The van der Waals surface area contributed by atoms with Crippen molar-refractivity contribution in [2.45, 2.75) is 58.2 Å². The van der Waals surface area contributed by atoms with Crippen molar-refractivity contribution in [2.75, 3.05) is 19.6 Å². The lowest BCUT2D eigenvalue weighted by Gasteiger charge is -2.56. The van der Waals surface area contributed by atoms with Crippen LogP contribution in [0.5, 0.6) is 0 Å². The number of carbonyl (C=O) groups excluding carboxylic acids is 2. The number of H-pyrrole nitrogens is 1. The summed E-state index contributed by atoms with van der Waals surface area (Å²) in [4.78, 5) is 32.8. The van der Waals surface area contributed by atoms with Gasteiger partial charge in [-0.25, -0.2) is 0 Å². The van der Waals surface area contributed by atoms with Crippen molar-refractivity contribution in [1.29, 1.82) is 0 Å². The number of rotatable bonds is 4. The zero-order valence-electron chi connectivity index (χ0n) is 18.0. The molecule has 2 bridgehead atoms. The fraction of sp³-hybridized carbons (Fsp3) is 0.583. The number of carbonyl (C=O) groups is 2. The van der Waals surface area contributed by atoms with Gasteiger partial charge in [0.25, 0.3) is 0 Å². The third-order valence-corrected chi connectivity index (χ3v) is 7.58. The van der Waals surface area contributed by atoms with E-state index in [1.165, 1.54) is 28.6 Å². The molecule has 2 aromatic rings. The molecule has 30 heavy (non-hydrogen) atoms. The van der Waals surface area contributed by atoms with Crippen molar-refractivity contribution in [3.05, 3.63) is 35.5 Å². The van der Waals surface area contributed by atoms with E-state index >= 15 is 0 Å². The Hall–Kier alpha value is -2.34. The fourth-order valence-corrected chi connectivity index (χ4v) is 6.23. The van der Waals surface area contributed by atoms with Gasteiger partial charge in [0.2, 0.25) is 11.8 Å². The molecule has 0 saturated carbocycles. The second kappa shape index (κ2) is 7.73. The summed E-state index contributed by atoms with van der Waals surface area (Å²) in [6.07, 6.45) is 3.92. The van der Waals surface area contributed by atoms with E-state index in [4.69, 9.17) is 0 Å². The third kappa shape index (κ3) is 3.41. The van der Waals surface area contributed by atoms with Crippen molar-refractivity contribution in [2.24, 2.45) is 11.8 Å². The Morgan fingerprint density at radius 3 is 2.83 bits per heavy atom. The number of amides is 2. The van der Waals surface area contributed by atoms with Crippen LogP contribution in [0.15, 0.2) is 24.3 Å². The molecule has 3 fully saturated rings. The maximum atomic E-state index is 12.8. The summed E-state index contributed by atoms with van der Waals surface area (Å²) in [6.45, 7) is 7.29. The quantitative estimate of drug-likeness (QED) is 0.817. The molecule has 0 aliphatic carbocycles. The van der Waals surface area contributed by atoms with Gasteiger partial charge in [-0.2, -0.15) is 0 Å². The number of para-hydroxylation sites is 1. The highest BCUT2D eigenvalue weighted by Gasteiger charge is 2.49. The molecule has 1 aromatic heterocycles. The third-order valence-electron chi connectivity index (χ3n) is 7.58. The number of benzene rings is 1. The number of hydrogen-bond donors (Lipinski definition) is 2. The van der Waals surface area contributed by atoms with Gasteiger partial charge >= 0.3 is 0 Å². The van der Waals surface area contributed by atoms with Gasteiger partial charge in [0.1, 0.15) is 0 Å². The predicted octanol–water partition coefficient (Wildman–Crippen LogP) is 2.81. The molecular weight excluding hydrogens is 376 g/mol. The number of aromatic nitrogens is 1. The Morgan fingerprint density at radius 2 is 2.03 bits per heavy atom. The first kappa shape index (κ1) is 19.6. The Balaban J connectivity index is 1.39. The Morgan fingerprint density at radius 1 is 1.23 bits per heavy atom. The molecule has 1 aromatic carbocycles. The van der Waals surface area contributed by atoms with Crippen LogP contribution in [0.25, 0.3) is 10.9 Å². The molecule has 3 aliphatic heterocycles. The number of likely N-dealkylation sites (tertiary alicyclic amines) is 1. The molecule has 5 rings (SSSR count). The number of aryl methyl sites for hydroxylation is 1. The Kier molecular flexibility index (Phi) is 5.05. The second-order valence-electron chi connectivity index (χ2n) is 9.49. The summed E-state index contributed by atoms with van der Waals surface area (Å²) < 4.78 is 0. The smallest absolute Gasteiger partial charge is 0.223 e. The summed E-state index contributed by atoms with van der Waals surface area (Å²) in [5.41, 5.74) is 3.84. The van der Waals surface area contributed by atoms with Crippen LogP contribution in [0.2, 0.25) is 0 Å². The minimum absolute atomic E-state index is 0.0144. The number of hydrogen-bond acceptors (Lipinski definition) is 3. The van der Waals surface area contributed by atoms with Crippen LogP contribution in [0.4, 0.5) is 0 Å². The van der Waals surface area contributed by atoms with Gasteiger partial charge in [-0.1, -0.05) is 18.2 Å².